The predicted molar refractivity (Wildman–Crippen MR) is 84.8 cm³/mol. The van der Waals surface area contributed by atoms with E-state index in [4.69, 9.17) is 29.6 Å². The number of hydrogen-bond donors (Lipinski definition) is 2. The zero-order valence-electron chi connectivity index (χ0n) is 9.28. The molecule has 0 unspecified atom stereocenters. The quantitative estimate of drug-likeness (QED) is 0.808. The summed E-state index contributed by atoms with van der Waals surface area (Å²) in [6, 6.07) is 13.2. The van der Waals surface area contributed by atoms with E-state index < -0.39 is 0 Å². The summed E-state index contributed by atoms with van der Waals surface area (Å²) in [5.74, 6) is 0. The maximum atomic E-state index is 6.11. The van der Waals surface area contributed by atoms with Crippen molar-refractivity contribution < 1.29 is 0 Å². The zero-order chi connectivity index (χ0) is 13.1. The van der Waals surface area contributed by atoms with Crippen LogP contribution >= 0.6 is 39.7 Å². The smallest absolute Gasteiger partial charge is 0.106 e. The molecule has 0 atom stereocenters. The van der Waals surface area contributed by atoms with Crippen molar-refractivity contribution >= 4 is 56.1 Å². The SMILES string of the molecule is NC(=S)c1ccc(Br)cc1Nc1ccccc1Cl. The van der Waals surface area contributed by atoms with Gasteiger partial charge in [-0.25, -0.2) is 0 Å². The number of rotatable bonds is 3. The largest absolute Gasteiger partial charge is 0.389 e. The van der Waals surface area contributed by atoms with E-state index in [0.717, 1.165) is 21.4 Å². The molecule has 0 amide bonds. The molecule has 0 heterocycles. The third kappa shape index (κ3) is 3.02. The Morgan fingerprint density at radius 2 is 1.89 bits per heavy atom. The minimum absolute atomic E-state index is 0.344. The monoisotopic (exact) mass is 340 g/mol. The Morgan fingerprint density at radius 1 is 1.17 bits per heavy atom. The van der Waals surface area contributed by atoms with E-state index in [1.807, 2.05) is 42.5 Å². The van der Waals surface area contributed by atoms with E-state index >= 15 is 0 Å². The van der Waals surface area contributed by atoms with Crippen LogP contribution in [0.5, 0.6) is 0 Å². The van der Waals surface area contributed by atoms with Crippen molar-refractivity contribution in [1.29, 1.82) is 0 Å². The summed E-state index contributed by atoms with van der Waals surface area (Å²) in [5.41, 5.74) is 8.12. The van der Waals surface area contributed by atoms with E-state index in [2.05, 4.69) is 21.2 Å². The molecule has 2 aromatic carbocycles. The summed E-state index contributed by atoms with van der Waals surface area (Å²) in [4.78, 5) is 0.344. The summed E-state index contributed by atoms with van der Waals surface area (Å²) in [7, 11) is 0. The zero-order valence-corrected chi connectivity index (χ0v) is 12.4. The first-order valence-corrected chi connectivity index (χ1v) is 6.77. The van der Waals surface area contributed by atoms with Gasteiger partial charge in [-0.2, -0.15) is 0 Å². The first-order chi connectivity index (χ1) is 8.58. The molecule has 0 aliphatic heterocycles. The van der Waals surface area contributed by atoms with Crippen LogP contribution in [0.2, 0.25) is 5.02 Å². The molecule has 18 heavy (non-hydrogen) atoms. The van der Waals surface area contributed by atoms with E-state index in [-0.39, 0.29) is 0 Å². The molecule has 3 N–H and O–H groups in total. The lowest BCUT2D eigenvalue weighted by Gasteiger charge is -2.12. The number of hydrogen-bond acceptors (Lipinski definition) is 2. The number of thiocarbonyl (C=S) groups is 1. The van der Waals surface area contributed by atoms with Crippen molar-refractivity contribution in [2.45, 2.75) is 0 Å². The van der Waals surface area contributed by atoms with Crippen LogP contribution < -0.4 is 11.1 Å². The number of benzene rings is 2. The Bertz CT molecular complexity index is 601. The maximum absolute atomic E-state index is 6.11. The summed E-state index contributed by atoms with van der Waals surface area (Å²) in [5, 5.41) is 3.88. The van der Waals surface area contributed by atoms with Crippen molar-refractivity contribution in [2.24, 2.45) is 5.73 Å². The molecule has 0 radical (unpaired) electrons. The highest BCUT2D eigenvalue weighted by molar-refractivity contribution is 9.10. The normalized spacial score (nSPS) is 10.1. The molecule has 0 spiro atoms. The van der Waals surface area contributed by atoms with Gasteiger partial charge in [0.1, 0.15) is 4.99 Å². The first kappa shape index (κ1) is 13.3. The number of halogens is 2. The Hall–Kier alpha value is -1.10. The fourth-order valence-electron chi connectivity index (χ4n) is 1.54. The number of nitrogens with two attached hydrogens (primary N) is 1. The van der Waals surface area contributed by atoms with Gasteiger partial charge in [-0.1, -0.05) is 51.9 Å². The average Bonchev–Trinajstić information content (AvgIpc) is 2.32. The molecular weight excluding hydrogens is 332 g/mol. The molecule has 0 saturated heterocycles. The second-order valence-corrected chi connectivity index (χ2v) is 5.42. The van der Waals surface area contributed by atoms with Gasteiger partial charge < -0.3 is 11.1 Å². The highest BCUT2D eigenvalue weighted by atomic mass is 79.9. The molecule has 5 heteroatoms. The summed E-state index contributed by atoms with van der Waals surface area (Å²) >= 11 is 14.6. The average molecular weight is 342 g/mol. The van der Waals surface area contributed by atoms with Crippen molar-refractivity contribution in [3.8, 4) is 0 Å². The van der Waals surface area contributed by atoms with E-state index in [0.29, 0.717) is 10.0 Å². The van der Waals surface area contributed by atoms with Crippen LogP contribution in [0.15, 0.2) is 46.9 Å². The van der Waals surface area contributed by atoms with Gasteiger partial charge in [0, 0.05) is 15.7 Å². The van der Waals surface area contributed by atoms with Crippen LogP contribution in [-0.2, 0) is 0 Å². The third-order valence-electron chi connectivity index (χ3n) is 2.39. The molecule has 0 aromatic heterocycles. The van der Waals surface area contributed by atoms with Crippen molar-refractivity contribution in [1.82, 2.24) is 0 Å². The standard InChI is InChI=1S/C13H10BrClN2S/c14-8-5-6-9(13(16)18)12(7-8)17-11-4-2-1-3-10(11)15/h1-7,17H,(H2,16,18). The fourth-order valence-corrected chi connectivity index (χ4v) is 2.26. The lowest BCUT2D eigenvalue weighted by molar-refractivity contribution is 1.51. The molecular formula is C13H10BrClN2S. The minimum Gasteiger partial charge on any atom is -0.389 e. The van der Waals surface area contributed by atoms with Crippen LogP contribution in [0, 0.1) is 0 Å². The minimum atomic E-state index is 0.344. The Morgan fingerprint density at radius 3 is 2.56 bits per heavy atom. The van der Waals surface area contributed by atoms with Gasteiger partial charge in [-0.15, -0.1) is 0 Å². The van der Waals surface area contributed by atoms with Gasteiger partial charge in [0.15, 0.2) is 0 Å². The predicted octanol–water partition coefficient (Wildman–Crippen LogP) is 4.48. The van der Waals surface area contributed by atoms with Gasteiger partial charge >= 0.3 is 0 Å². The Balaban J connectivity index is 2.42. The lowest BCUT2D eigenvalue weighted by atomic mass is 10.1. The summed E-state index contributed by atoms with van der Waals surface area (Å²) in [6.07, 6.45) is 0. The van der Waals surface area contributed by atoms with Crippen LogP contribution in [0.25, 0.3) is 0 Å². The Kier molecular flexibility index (Phi) is 4.22. The summed E-state index contributed by atoms with van der Waals surface area (Å²) < 4.78 is 0.942. The van der Waals surface area contributed by atoms with Gasteiger partial charge in [0.05, 0.1) is 10.7 Å². The van der Waals surface area contributed by atoms with Crippen LogP contribution in [0.3, 0.4) is 0 Å². The molecule has 0 fully saturated rings. The van der Waals surface area contributed by atoms with Crippen molar-refractivity contribution in [2.75, 3.05) is 5.32 Å². The number of nitrogens with one attached hydrogen (secondary N) is 1. The van der Waals surface area contributed by atoms with Crippen molar-refractivity contribution in [3.63, 3.8) is 0 Å². The van der Waals surface area contributed by atoms with Crippen LogP contribution in [0.1, 0.15) is 5.56 Å². The van der Waals surface area contributed by atoms with E-state index in [9.17, 15) is 0 Å². The van der Waals surface area contributed by atoms with E-state index in [1.54, 1.807) is 0 Å². The molecule has 0 bridgehead atoms. The highest BCUT2D eigenvalue weighted by Gasteiger charge is 2.07. The lowest BCUT2D eigenvalue weighted by Crippen LogP contribution is -2.11. The second-order valence-electron chi connectivity index (χ2n) is 3.66. The first-order valence-electron chi connectivity index (χ1n) is 5.19. The molecule has 0 aliphatic rings. The molecule has 0 aliphatic carbocycles. The van der Waals surface area contributed by atoms with Gasteiger partial charge in [0.25, 0.3) is 0 Å². The number of para-hydroxylation sites is 1. The van der Waals surface area contributed by atoms with Gasteiger partial charge in [-0.05, 0) is 30.3 Å². The van der Waals surface area contributed by atoms with Gasteiger partial charge in [0.2, 0.25) is 0 Å². The Labute approximate surface area is 124 Å². The highest BCUT2D eigenvalue weighted by Crippen LogP contribution is 2.28. The van der Waals surface area contributed by atoms with Gasteiger partial charge in [-0.3, -0.25) is 0 Å². The fraction of sp³-hybridized carbons (Fsp3) is 0. The van der Waals surface area contributed by atoms with E-state index in [1.165, 1.54) is 0 Å². The van der Waals surface area contributed by atoms with Crippen LogP contribution in [-0.4, -0.2) is 4.99 Å². The molecule has 2 rings (SSSR count). The molecule has 0 saturated carbocycles. The molecule has 2 aromatic rings. The van der Waals surface area contributed by atoms with Crippen LogP contribution in [0.4, 0.5) is 11.4 Å². The topological polar surface area (TPSA) is 38.0 Å². The molecule has 2 nitrogen and oxygen atoms in total. The van der Waals surface area contributed by atoms with Crippen molar-refractivity contribution in [3.05, 3.63) is 57.5 Å². The third-order valence-corrected chi connectivity index (χ3v) is 3.43. The molecule has 92 valence electrons. The maximum Gasteiger partial charge on any atom is 0.106 e. The number of anilines is 2. The summed E-state index contributed by atoms with van der Waals surface area (Å²) in [6.45, 7) is 0. The second kappa shape index (κ2) is 5.69.